The molecule has 0 spiro atoms. The molecule has 202 valence electrons. The second-order valence-corrected chi connectivity index (χ2v) is 10.6. The molecule has 9 nitrogen and oxygen atoms in total. The lowest BCUT2D eigenvalue weighted by Crippen LogP contribution is -2.29. The van der Waals surface area contributed by atoms with Gasteiger partial charge in [0.15, 0.2) is 0 Å². The number of aliphatic hydroxyl groups is 1. The number of aromatic amines is 2. The Hall–Kier alpha value is -3.95. The highest BCUT2D eigenvalue weighted by atomic mass is 16.3. The van der Waals surface area contributed by atoms with Gasteiger partial charge in [-0.25, -0.2) is 4.98 Å². The molecular weight excluding hydrogens is 492 g/mol. The molecule has 9 heteroatoms. The predicted molar refractivity (Wildman–Crippen MR) is 152 cm³/mol. The highest BCUT2D eigenvalue weighted by Crippen LogP contribution is 2.31. The molecule has 4 N–H and O–H groups in total. The summed E-state index contributed by atoms with van der Waals surface area (Å²) in [4.78, 5) is 41.2. The van der Waals surface area contributed by atoms with Gasteiger partial charge < -0.3 is 30.2 Å². The number of fused-ring (bicyclic) bond motifs is 2. The van der Waals surface area contributed by atoms with Gasteiger partial charge in [-0.2, -0.15) is 0 Å². The first-order valence-corrected chi connectivity index (χ1v) is 13.7. The van der Waals surface area contributed by atoms with Crippen molar-refractivity contribution in [2.24, 2.45) is 0 Å². The fraction of sp³-hybridized carbons (Fsp3) is 0.367. The molecule has 2 aliphatic heterocycles. The summed E-state index contributed by atoms with van der Waals surface area (Å²) >= 11 is 0. The highest BCUT2D eigenvalue weighted by molar-refractivity contribution is 6.02. The van der Waals surface area contributed by atoms with E-state index in [0.717, 1.165) is 30.6 Å². The van der Waals surface area contributed by atoms with Crippen LogP contribution < -0.4 is 10.9 Å². The maximum absolute atomic E-state index is 13.1. The van der Waals surface area contributed by atoms with Crippen LogP contribution >= 0.6 is 0 Å². The number of benzene rings is 2. The summed E-state index contributed by atoms with van der Waals surface area (Å²) in [6, 6.07) is 14.6. The largest absolute Gasteiger partial charge is 0.386 e. The van der Waals surface area contributed by atoms with Crippen molar-refractivity contribution in [3.8, 4) is 11.4 Å². The van der Waals surface area contributed by atoms with E-state index >= 15 is 0 Å². The monoisotopic (exact) mass is 526 g/mol. The van der Waals surface area contributed by atoms with Gasteiger partial charge in [0, 0.05) is 24.8 Å². The van der Waals surface area contributed by atoms with E-state index in [4.69, 9.17) is 4.98 Å². The van der Waals surface area contributed by atoms with Gasteiger partial charge >= 0.3 is 0 Å². The Kier molecular flexibility index (Phi) is 6.93. The minimum atomic E-state index is -0.763. The summed E-state index contributed by atoms with van der Waals surface area (Å²) in [7, 11) is 0. The molecule has 39 heavy (non-hydrogen) atoms. The van der Waals surface area contributed by atoms with E-state index in [1.165, 1.54) is 25.9 Å². The number of H-pyrrole nitrogens is 2. The Morgan fingerprint density at radius 1 is 1.08 bits per heavy atom. The van der Waals surface area contributed by atoms with E-state index in [9.17, 15) is 14.7 Å². The second kappa shape index (κ2) is 10.7. The summed E-state index contributed by atoms with van der Waals surface area (Å²) in [5, 5.41) is 14.1. The van der Waals surface area contributed by atoms with Crippen molar-refractivity contribution in [1.82, 2.24) is 24.8 Å². The van der Waals surface area contributed by atoms with Gasteiger partial charge in [-0.3, -0.25) is 9.59 Å². The molecule has 2 aromatic carbocycles. The van der Waals surface area contributed by atoms with Crippen molar-refractivity contribution >= 4 is 22.6 Å². The van der Waals surface area contributed by atoms with Gasteiger partial charge in [0.2, 0.25) is 0 Å². The number of rotatable bonds is 9. The number of hydrogen-bond donors (Lipinski definition) is 4. The lowest BCUT2D eigenvalue weighted by atomic mass is 10.0. The number of nitrogens with zero attached hydrogens (tertiary/aromatic N) is 3. The molecule has 4 heterocycles. The Morgan fingerprint density at radius 3 is 2.67 bits per heavy atom. The Balaban J connectivity index is 1.22. The molecule has 0 bridgehead atoms. The molecule has 1 amide bonds. The molecule has 0 radical (unpaired) electrons. The summed E-state index contributed by atoms with van der Waals surface area (Å²) in [6.07, 6.45) is 4.33. The van der Waals surface area contributed by atoms with E-state index in [1.807, 2.05) is 54.3 Å². The third kappa shape index (κ3) is 5.07. The first-order valence-electron chi connectivity index (χ1n) is 13.7. The van der Waals surface area contributed by atoms with Gasteiger partial charge in [0.05, 0.1) is 28.9 Å². The van der Waals surface area contributed by atoms with Crippen LogP contribution in [0.1, 0.15) is 53.8 Å². The van der Waals surface area contributed by atoms with Gasteiger partial charge in [0.1, 0.15) is 11.4 Å². The van der Waals surface area contributed by atoms with Gasteiger partial charge in [-0.1, -0.05) is 30.3 Å². The minimum Gasteiger partial charge on any atom is -0.386 e. The lowest BCUT2D eigenvalue weighted by Gasteiger charge is -2.22. The van der Waals surface area contributed by atoms with E-state index < -0.39 is 6.10 Å². The molecule has 0 aliphatic carbocycles. The van der Waals surface area contributed by atoms with Crippen LogP contribution in [0.2, 0.25) is 0 Å². The number of nitrogens with one attached hydrogen (secondary N) is 3. The molecule has 2 atom stereocenters. The number of amides is 1. The third-order valence-corrected chi connectivity index (χ3v) is 7.88. The Labute approximate surface area is 226 Å². The average Bonchev–Trinajstić information content (AvgIpc) is 3.67. The topological polar surface area (TPSA) is 117 Å². The van der Waals surface area contributed by atoms with Crippen LogP contribution in [0.5, 0.6) is 0 Å². The summed E-state index contributed by atoms with van der Waals surface area (Å²) in [6.45, 7) is 6.57. The van der Waals surface area contributed by atoms with Gasteiger partial charge in [-0.05, 0) is 75.1 Å². The summed E-state index contributed by atoms with van der Waals surface area (Å²) < 4.78 is 0. The molecule has 1 saturated heterocycles. The molecule has 4 aromatic rings. The number of aliphatic hydroxyl groups excluding tert-OH is 1. The minimum absolute atomic E-state index is 0.0492. The standard InChI is InChI=1S/C30H34N6O3/c1-19(27(37)20-8-3-2-4-9-20)32-23-10-11-31-29(38)26(23)28-33-24-16-21-18-36(15-7-14-35-12-5-6-13-35)30(39)22(21)17-25(24)34-28/h2-4,8-11,16-17,19,27,37H,5-7,12-15,18H2,1H3,(H,33,34)(H2,31,32,38). The lowest BCUT2D eigenvalue weighted by molar-refractivity contribution is 0.0772. The number of carbonyl (C=O) groups excluding carboxylic acids is 1. The van der Waals surface area contributed by atoms with Crippen LogP contribution in [0.4, 0.5) is 5.69 Å². The van der Waals surface area contributed by atoms with Crippen LogP contribution in [0.3, 0.4) is 0 Å². The second-order valence-electron chi connectivity index (χ2n) is 10.6. The molecule has 1 fully saturated rings. The fourth-order valence-corrected chi connectivity index (χ4v) is 5.77. The van der Waals surface area contributed by atoms with Crippen molar-refractivity contribution in [2.45, 2.75) is 44.9 Å². The number of anilines is 1. The molecule has 2 aliphatic rings. The van der Waals surface area contributed by atoms with Crippen molar-refractivity contribution in [1.29, 1.82) is 0 Å². The number of pyridine rings is 1. The van der Waals surface area contributed by atoms with Crippen LogP contribution in [0.25, 0.3) is 22.4 Å². The Morgan fingerprint density at radius 2 is 1.87 bits per heavy atom. The van der Waals surface area contributed by atoms with Crippen molar-refractivity contribution in [2.75, 3.05) is 31.5 Å². The average molecular weight is 527 g/mol. The van der Waals surface area contributed by atoms with Crippen LogP contribution in [-0.4, -0.2) is 68.0 Å². The maximum Gasteiger partial charge on any atom is 0.261 e. The quantitative estimate of drug-likeness (QED) is 0.263. The zero-order valence-electron chi connectivity index (χ0n) is 22.1. The van der Waals surface area contributed by atoms with Crippen LogP contribution in [0, 0.1) is 0 Å². The first kappa shape index (κ1) is 25.3. The Bertz CT molecular complexity index is 1540. The highest BCUT2D eigenvalue weighted by Gasteiger charge is 2.29. The zero-order chi connectivity index (χ0) is 26.9. The van der Waals surface area contributed by atoms with E-state index in [2.05, 4.69) is 20.2 Å². The number of aromatic nitrogens is 3. The normalized spacial score (nSPS) is 17.1. The molecule has 0 saturated carbocycles. The van der Waals surface area contributed by atoms with Crippen molar-refractivity contribution in [3.63, 3.8) is 0 Å². The predicted octanol–water partition coefficient (Wildman–Crippen LogP) is 3.89. The molecule has 2 unspecified atom stereocenters. The molecule has 2 aromatic heterocycles. The number of likely N-dealkylation sites (tertiary alicyclic amines) is 1. The van der Waals surface area contributed by atoms with E-state index in [0.29, 0.717) is 40.2 Å². The van der Waals surface area contributed by atoms with E-state index in [-0.39, 0.29) is 17.5 Å². The smallest absolute Gasteiger partial charge is 0.261 e. The van der Waals surface area contributed by atoms with Crippen molar-refractivity contribution in [3.05, 3.63) is 81.8 Å². The zero-order valence-corrected chi connectivity index (χ0v) is 22.1. The van der Waals surface area contributed by atoms with Gasteiger partial charge in [-0.15, -0.1) is 0 Å². The molecule has 6 rings (SSSR count). The third-order valence-electron chi connectivity index (χ3n) is 7.88. The SMILES string of the molecule is CC(Nc1cc[nH]c(=O)c1-c1nc2cc3c(cc2[nH]1)C(=O)N(CCCN1CCCC1)C3)C(O)c1ccccc1. The van der Waals surface area contributed by atoms with Crippen molar-refractivity contribution < 1.29 is 9.90 Å². The van der Waals surface area contributed by atoms with Crippen LogP contribution in [-0.2, 0) is 6.54 Å². The van der Waals surface area contributed by atoms with Gasteiger partial charge in [0.25, 0.3) is 11.5 Å². The number of carbonyl (C=O) groups is 1. The number of imidazole rings is 1. The first-order chi connectivity index (χ1) is 19.0. The summed E-state index contributed by atoms with van der Waals surface area (Å²) in [5.74, 6) is 0.461. The van der Waals surface area contributed by atoms with Crippen LogP contribution in [0.15, 0.2) is 59.5 Å². The number of hydrogen-bond acceptors (Lipinski definition) is 6. The molecular formula is C30H34N6O3. The van der Waals surface area contributed by atoms with E-state index in [1.54, 1.807) is 12.3 Å². The summed E-state index contributed by atoms with van der Waals surface area (Å²) in [5.41, 5.74) is 4.49. The fourth-order valence-electron chi connectivity index (χ4n) is 5.77. The maximum atomic E-state index is 13.1.